The van der Waals surface area contributed by atoms with Crippen molar-refractivity contribution in [1.82, 2.24) is 0 Å². The Balaban J connectivity index is 3.51. The van der Waals surface area contributed by atoms with Gasteiger partial charge < -0.3 is 20.9 Å². The van der Waals surface area contributed by atoms with E-state index >= 15 is 0 Å². The van der Waals surface area contributed by atoms with Gasteiger partial charge >= 0.3 is 0 Å². The van der Waals surface area contributed by atoms with Crippen LogP contribution in [0.25, 0.3) is 0 Å². The van der Waals surface area contributed by atoms with Crippen LogP contribution >= 0.6 is 15.9 Å². The Kier molecular flexibility index (Phi) is 3.41. The fourth-order valence-corrected chi connectivity index (χ4v) is 1.67. The predicted octanol–water partition coefficient (Wildman–Crippen LogP) is 1.15. The fraction of sp³-hybridized carbons (Fsp3) is 0.222. The van der Waals surface area contributed by atoms with Crippen LogP contribution in [0.15, 0.2) is 10.5 Å². The molecule has 0 aromatic heterocycles. The second-order valence-electron chi connectivity index (χ2n) is 2.75. The van der Waals surface area contributed by atoms with Gasteiger partial charge in [0.05, 0.1) is 24.4 Å². The lowest BCUT2D eigenvalue weighted by Gasteiger charge is -2.13. The molecule has 0 heterocycles. The van der Waals surface area contributed by atoms with Gasteiger partial charge in [0.15, 0.2) is 0 Å². The molecule has 0 spiro atoms. The molecule has 0 aliphatic heterocycles. The third-order valence-corrected chi connectivity index (χ3v) is 2.73. The van der Waals surface area contributed by atoms with Crippen molar-refractivity contribution in [2.45, 2.75) is 0 Å². The lowest BCUT2D eigenvalue weighted by atomic mass is 10.1. The minimum absolute atomic E-state index is 0.144. The summed E-state index contributed by atoms with van der Waals surface area (Å²) in [6.45, 7) is 0. The number of nitrogens with two attached hydrogens (primary N) is 2. The van der Waals surface area contributed by atoms with Gasteiger partial charge in [-0.3, -0.25) is 4.79 Å². The third kappa shape index (κ3) is 1.99. The molecule has 0 unspecified atom stereocenters. The van der Waals surface area contributed by atoms with Crippen molar-refractivity contribution in [3.63, 3.8) is 0 Å². The lowest BCUT2D eigenvalue weighted by molar-refractivity contribution is 0.0998. The number of carbonyl (C=O) groups is 1. The first-order chi connectivity index (χ1) is 7.02. The van der Waals surface area contributed by atoms with Crippen LogP contribution in [0.1, 0.15) is 10.4 Å². The summed E-state index contributed by atoms with van der Waals surface area (Å²) in [5, 5.41) is 0. The molecular formula is C9H11BrN2O3. The number of anilines is 1. The van der Waals surface area contributed by atoms with Crippen molar-refractivity contribution in [2.75, 3.05) is 20.0 Å². The number of amides is 1. The molecule has 6 heteroatoms. The van der Waals surface area contributed by atoms with E-state index in [-0.39, 0.29) is 11.3 Å². The van der Waals surface area contributed by atoms with E-state index in [0.29, 0.717) is 16.0 Å². The summed E-state index contributed by atoms with van der Waals surface area (Å²) in [6, 6.07) is 1.54. The molecule has 0 saturated heterocycles. The second-order valence-corrected chi connectivity index (χ2v) is 3.54. The van der Waals surface area contributed by atoms with Crippen LogP contribution in [0.3, 0.4) is 0 Å². The topological polar surface area (TPSA) is 87.6 Å². The molecule has 1 amide bonds. The first kappa shape index (κ1) is 11.6. The van der Waals surface area contributed by atoms with Gasteiger partial charge in [-0.25, -0.2) is 0 Å². The monoisotopic (exact) mass is 274 g/mol. The van der Waals surface area contributed by atoms with Gasteiger partial charge in [0, 0.05) is 6.07 Å². The van der Waals surface area contributed by atoms with Crippen molar-refractivity contribution in [2.24, 2.45) is 5.73 Å². The quantitative estimate of drug-likeness (QED) is 0.810. The first-order valence-electron chi connectivity index (χ1n) is 4.02. The molecule has 0 fully saturated rings. The van der Waals surface area contributed by atoms with E-state index in [9.17, 15) is 4.79 Å². The number of primary amides is 1. The van der Waals surface area contributed by atoms with E-state index in [1.54, 1.807) is 6.07 Å². The van der Waals surface area contributed by atoms with Gasteiger partial charge in [-0.05, 0) is 15.9 Å². The van der Waals surface area contributed by atoms with E-state index in [4.69, 9.17) is 20.9 Å². The van der Waals surface area contributed by atoms with E-state index in [1.807, 2.05) is 0 Å². The number of halogens is 1. The highest BCUT2D eigenvalue weighted by molar-refractivity contribution is 9.10. The number of nitrogen functional groups attached to an aromatic ring is 1. The molecule has 0 radical (unpaired) electrons. The van der Waals surface area contributed by atoms with Crippen LogP contribution in [0.5, 0.6) is 11.5 Å². The lowest BCUT2D eigenvalue weighted by Crippen LogP contribution is -2.15. The maximum absolute atomic E-state index is 11.2. The number of benzene rings is 1. The third-order valence-electron chi connectivity index (χ3n) is 1.92. The molecule has 0 aliphatic rings. The highest BCUT2D eigenvalue weighted by Crippen LogP contribution is 2.38. The summed E-state index contributed by atoms with van der Waals surface area (Å²) >= 11 is 3.21. The maximum atomic E-state index is 11.2. The Labute approximate surface area is 95.5 Å². The van der Waals surface area contributed by atoms with Gasteiger partial charge in [-0.1, -0.05) is 0 Å². The number of hydrogen-bond donors (Lipinski definition) is 2. The van der Waals surface area contributed by atoms with E-state index < -0.39 is 5.91 Å². The van der Waals surface area contributed by atoms with Gasteiger partial charge in [-0.15, -0.1) is 0 Å². The Morgan fingerprint density at radius 2 is 1.87 bits per heavy atom. The van der Waals surface area contributed by atoms with Gasteiger partial charge in [-0.2, -0.15) is 0 Å². The summed E-state index contributed by atoms with van der Waals surface area (Å²) in [5.41, 5.74) is 11.3. The molecule has 0 aliphatic carbocycles. The SMILES string of the molecule is COc1cc(OC)c(C(N)=O)c(N)c1Br. The van der Waals surface area contributed by atoms with Crippen LogP contribution in [0, 0.1) is 0 Å². The number of carbonyl (C=O) groups excluding carboxylic acids is 1. The molecule has 0 atom stereocenters. The molecule has 1 aromatic carbocycles. The van der Waals surface area contributed by atoms with E-state index in [2.05, 4.69) is 15.9 Å². The highest BCUT2D eigenvalue weighted by atomic mass is 79.9. The van der Waals surface area contributed by atoms with Crippen LogP contribution in [0.4, 0.5) is 5.69 Å². The van der Waals surface area contributed by atoms with Crippen molar-refractivity contribution in [3.8, 4) is 11.5 Å². The van der Waals surface area contributed by atoms with Crippen molar-refractivity contribution in [1.29, 1.82) is 0 Å². The standard InChI is InChI=1S/C9H11BrN2O3/c1-14-4-3-5(15-2)7(10)8(11)6(4)9(12)13/h3H,11H2,1-2H3,(H2,12,13). The number of hydrogen-bond acceptors (Lipinski definition) is 4. The largest absolute Gasteiger partial charge is 0.496 e. The summed E-state index contributed by atoms with van der Waals surface area (Å²) < 4.78 is 10.5. The van der Waals surface area contributed by atoms with E-state index in [0.717, 1.165) is 0 Å². The van der Waals surface area contributed by atoms with Crippen LogP contribution in [-0.4, -0.2) is 20.1 Å². The molecular weight excluding hydrogens is 264 g/mol. The van der Waals surface area contributed by atoms with Crippen molar-refractivity contribution >= 4 is 27.5 Å². The molecule has 82 valence electrons. The number of ether oxygens (including phenoxy) is 2. The van der Waals surface area contributed by atoms with Gasteiger partial charge in [0.1, 0.15) is 17.1 Å². The average molecular weight is 275 g/mol. The van der Waals surface area contributed by atoms with Crippen LogP contribution in [-0.2, 0) is 0 Å². The van der Waals surface area contributed by atoms with Crippen LogP contribution < -0.4 is 20.9 Å². The van der Waals surface area contributed by atoms with Gasteiger partial charge in [0.2, 0.25) is 0 Å². The zero-order valence-corrected chi connectivity index (χ0v) is 9.92. The average Bonchev–Trinajstić information content (AvgIpc) is 2.20. The highest BCUT2D eigenvalue weighted by Gasteiger charge is 2.19. The second kappa shape index (κ2) is 4.39. The van der Waals surface area contributed by atoms with Crippen LogP contribution in [0.2, 0.25) is 0 Å². The summed E-state index contributed by atoms with van der Waals surface area (Å²) in [4.78, 5) is 11.2. The van der Waals surface area contributed by atoms with E-state index in [1.165, 1.54) is 14.2 Å². The van der Waals surface area contributed by atoms with Crippen molar-refractivity contribution < 1.29 is 14.3 Å². The number of rotatable bonds is 3. The molecule has 15 heavy (non-hydrogen) atoms. The Morgan fingerprint density at radius 3 is 2.27 bits per heavy atom. The molecule has 4 N–H and O–H groups in total. The molecule has 1 aromatic rings. The molecule has 1 rings (SSSR count). The van der Waals surface area contributed by atoms with Crippen molar-refractivity contribution in [3.05, 3.63) is 16.1 Å². The minimum Gasteiger partial charge on any atom is -0.496 e. The molecule has 0 saturated carbocycles. The fourth-order valence-electron chi connectivity index (χ4n) is 1.19. The predicted molar refractivity (Wildman–Crippen MR) is 60.2 cm³/mol. The Bertz CT molecular complexity index is 407. The summed E-state index contributed by atoms with van der Waals surface area (Å²) in [6.07, 6.45) is 0. The summed E-state index contributed by atoms with van der Waals surface area (Å²) in [5.74, 6) is 0.127. The maximum Gasteiger partial charge on any atom is 0.254 e. The first-order valence-corrected chi connectivity index (χ1v) is 4.82. The molecule has 5 nitrogen and oxygen atoms in total. The van der Waals surface area contributed by atoms with Gasteiger partial charge in [0.25, 0.3) is 5.91 Å². The Morgan fingerprint density at radius 1 is 1.33 bits per heavy atom. The zero-order chi connectivity index (χ0) is 11.6. The minimum atomic E-state index is -0.646. The molecule has 0 bridgehead atoms. The zero-order valence-electron chi connectivity index (χ0n) is 8.33. The summed E-state index contributed by atoms with van der Waals surface area (Å²) in [7, 11) is 2.91. The smallest absolute Gasteiger partial charge is 0.254 e. The number of methoxy groups -OCH3 is 2. The normalized spacial score (nSPS) is 9.80. The Hall–Kier alpha value is -1.43.